The summed E-state index contributed by atoms with van der Waals surface area (Å²) in [4.78, 5) is 0. The number of halogens is 1. The molecule has 0 spiro atoms. The van der Waals surface area contributed by atoms with Gasteiger partial charge in [0.05, 0.1) is 0 Å². The Morgan fingerprint density at radius 2 is 2.24 bits per heavy atom. The van der Waals surface area contributed by atoms with Crippen LogP contribution in [0.4, 0.5) is 0 Å². The third kappa shape index (κ3) is 2.14. The van der Waals surface area contributed by atoms with Crippen LogP contribution in [0.15, 0.2) is 28.9 Å². The Labute approximate surface area is 110 Å². The highest BCUT2D eigenvalue weighted by Gasteiger charge is 2.21. The normalized spacial score (nSPS) is 15.6. The third-order valence-electron chi connectivity index (χ3n) is 3.43. The van der Waals surface area contributed by atoms with Crippen molar-refractivity contribution >= 4 is 26.8 Å². The van der Waals surface area contributed by atoms with Crippen LogP contribution in [-0.2, 0) is 13.1 Å². The molecule has 2 nitrogen and oxygen atoms in total. The summed E-state index contributed by atoms with van der Waals surface area (Å²) in [5.41, 5.74) is 2.73. The van der Waals surface area contributed by atoms with E-state index in [1.807, 2.05) is 0 Å². The summed E-state index contributed by atoms with van der Waals surface area (Å²) < 4.78 is 3.53. The van der Waals surface area contributed by atoms with Crippen molar-refractivity contribution in [2.24, 2.45) is 0 Å². The molecule has 0 atom stereocenters. The first-order chi connectivity index (χ1) is 8.29. The molecular formula is C14H17BrN2. The van der Waals surface area contributed by atoms with Gasteiger partial charge in [0, 0.05) is 40.7 Å². The Bertz CT molecular complexity index is 540. The average Bonchev–Trinajstić information content (AvgIpc) is 3.08. The van der Waals surface area contributed by atoms with Gasteiger partial charge in [-0.1, -0.05) is 22.0 Å². The minimum atomic E-state index is 0.762. The lowest BCUT2D eigenvalue weighted by molar-refractivity contribution is 0.686. The molecule has 1 aliphatic rings. The number of hydrogen-bond donors (Lipinski definition) is 1. The number of hydrogen-bond acceptors (Lipinski definition) is 1. The lowest BCUT2D eigenvalue weighted by Gasteiger charge is -2.02. The first-order valence-electron chi connectivity index (χ1n) is 6.29. The van der Waals surface area contributed by atoms with Crippen molar-refractivity contribution in [2.75, 3.05) is 0 Å². The lowest BCUT2D eigenvalue weighted by Crippen LogP contribution is -2.15. The Kier molecular flexibility index (Phi) is 2.97. The maximum Gasteiger partial charge on any atom is 0.0495 e. The van der Waals surface area contributed by atoms with Crippen molar-refractivity contribution in [3.63, 3.8) is 0 Å². The Balaban J connectivity index is 2.02. The van der Waals surface area contributed by atoms with Crippen molar-refractivity contribution in [1.29, 1.82) is 0 Å². The molecule has 1 aromatic carbocycles. The summed E-state index contributed by atoms with van der Waals surface area (Å²) in [6.07, 6.45) is 4.96. The van der Waals surface area contributed by atoms with Gasteiger partial charge in [0.2, 0.25) is 0 Å². The number of aryl methyl sites for hydroxylation is 1. The standard InChI is InChI=1S/C14H17BrN2/c1-2-17-9-10(8-16-11-6-7-11)14-12(15)4-3-5-13(14)17/h3-5,9,11,16H,2,6-8H2,1H3. The van der Waals surface area contributed by atoms with E-state index in [2.05, 4.69) is 57.1 Å². The molecule has 1 N–H and O–H groups in total. The lowest BCUT2D eigenvalue weighted by atomic mass is 10.2. The molecule has 0 amide bonds. The molecule has 1 aliphatic carbocycles. The van der Waals surface area contributed by atoms with E-state index in [4.69, 9.17) is 0 Å². The van der Waals surface area contributed by atoms with Gasteiger partial charge < -0.3 is 9.88 Å². The van der Waals surface area contributed by atoms with Crippen LogP contribution in [0, 0.1) is 0 Å². The molecule has 1 fully saturated rings. The zero-order valence-electron chi connectivity index (χ0n) is 10.0. The first kappa shape index (κ1) is 11.3. The predicted octanol–water partition coefficient (Wildman–Crippen LogP) is 3.68. The predicted molar refractivity (Wildman–Crippen MR) is 75.2 cm³/mol. The Morgan fingerprint density at radius 3 is 2.94 bits per heavy atom. The summed E-state index contributed by atoms with van der Waals surface area (Å²) >= 11 is 3.67. The average molecular weight is 293 g/mol. The van der Waals surface area contributed by atoms with Gasteiger partial charge in [-0.05, 0) is 37.5 Å². The minimum absolute atomic E-state index is 0.762. The zero-order chi connectivity index (χ0) is 11.8. The SMILES string of the molecule is CCn1cc(CNC2CC2)c2c(Br)cccc21. The van der Waals surface area contributed by atoms with Crippen molar-refractivity contribution < 1.29 is 0 Å². The molecule has 1 aromatic heterocycles. The fourth-order valence-corrected chi connectivity index (χ4v) is 2.94. The molecule has 0 radical (unpaired) electrons. The van der Waals surface area contributed by atoms with Gasteiger partial charge in [0.15, 0.2) is 0 Å². The van der Waals surface area contributed by atoms with Crippen LogP contribution in [0.2, 0.25) is 0 Å². The highest BCUT2D eigenvalue weighted by atomic mass is 79.9. The van der Waals surface area contributed by atoms with Gasteiger partial charge in [0.25, 0.3) is 0 Å². The topological polar surface area (TPSA) is 17.0 Å². The summed E-state index contributed by atoms with van der Waals surface area (Å²) in [5.74, 6) is 0. The van der Waals surface area contributed by atoms with Crippen LogP contribution in [0.3, 0.4) is 0 Å². The van der Waals surface area contributed by atoms with Gasteiger partial charge in [-0.15, -0.1) is 0 Å². The van der Waals surface area contributed by atoms with Crippen LogP contribution in [-0.4, -0.2) is 10.6 Å². The molecule has 17 heavy (non-hydrogen) atoms. The molecule has 0 unspecified atom stereocenters. The van der Waals surface area contributed by atoms with Crippen molar-refractivity contribution in [2.45, 2.75) is 38.9 Å². The molecule has 1 saturated carbocycles. The van der Waals surface area contributed by atoms with Crippen molar-refractivity contribution in [3.05, 3.63) is 34.4 Å². The summed E-state index contributed by atoms with van der Waals surface area (Å²) in [5, 5.41) is 4.96. The maximum atomic E-state index is 3.67. The van der Waals surface area contributed by atoms with Crippen molar-refractivity contribution in [1.82, 2.24) is 9.88 Å². The largest absolute Gasteiger partial charge is 0.347 e. The van der Waals surface area contributed by atoms with Crippen LogP contribution in [0.5, 0.6) is 0 Å². The summed E-state index contributed by atoms with van der Waals surface area (Å²) in [6.45, 7) is 4.20. The smallest absolute Gasteiger partial charge is 0.0495 e. The van der Waals surface area contributed by atoms with Crippen LogP contribution < -0.4 is 5.32 Å². The fourth-order valence-electron chi connectivity index (χ4n) is 2.33. The van der Waals surface area contributed by atoms with E-state index >= 15 is 0 Å². The molecule has 0 aliphatic heterocycles. The molecule has 0 saturated heterocycles. The number of nitrogens with one attached hydrogen (secondary N) is 1. The summed E-state index contributed by atoms with van der Waals surface area (Å²) in [7, 11) is 0. The monoisotopic (exact) mass is 292 g/mol. The number of fused-ring (bicyclic) bond motifs is 1. The van der Waals surface area contributed by atoms with E-state index in [0.29, 0.717) is 0 Å². The van der Waals surface area contributed by atoms with E-state index in [1.54, 1.807) is 0 Å². The van der Waals surface area contributed by atoms with Gasteiger partial charge in [-0.25, -0.2) is 0 Å². The van der Waals surface area contributed by atoms with E-state index in [1.165, 1.54) is 33.8 Å². The van der Waals surface area contributed by atoms with E-state index in [9.17, 15) is 0 Å². The minimum Gasteiger partial charge on any atom is -0.347 e. The van der Waals surface area contributed by atoms with Crippen LogP contribution in [0.1, 0.15) is 25.3 Å². The molecular weight excluding hydrogens is 276 g/mol. The van der Waals surface area contributed by atoms with Gasteiger partial charge in [0.1, 0.15) is 0 Å². The second-order valence-corrected chi connectivity index (χ2v) is 5.58. The van der Waals surface area contributed by atoms with Crippen LogP contribution in [0.25, 0.3) is 10.9 Å². The van der Waals surface area contributed by atoms with E-state index < -0.39 is 0 Å². The van der Waals surface area contributed by atoms with Gasteiger partial charge in [-0.2, -0.15) is 0 Å². The zero-order valence-corrected chi connectivity index (χ0v) is 11.6. The Hall–Kier alpha value is -0.800. The van der Waals surface area contributed by atoms with Gasteiger partial charge >= 0.3 is 0 Å². The highest BCUT2D eigenvalue weighted by Crippen LogP contribution is 2.30. The molecule has 90 valence electrons. The summed E-state index contributed by atoms with van der Waals surface area (Å²) in [6, 6.07) is 7.20. The first-order valence-corrected chi connectivity index (χ1v) is 7.08. The molecule has 0 bridgehead atoms. The van der Waals surface area contributed by atoms with E-state index in [0.717, 1.165) is 19.1 Å². The second kappa shape index (κ2) is 4.46. The quantitative estimate of drug-likeness (QED) is 0.910. The fraction of sp³-hybridized carbons (Fsp3) is 0.429. The number of nitrogens with zero attached hydrogens (tertiary/aromatic N) is 1. The maximum absolute atomic E-state index is 3.67. The highest BCUT2D eigenvalue weighted by molar-refractivity contribution is 9.10. The molecule has 3 rings (SSSR count). The van der Waals surface area contributed by atoms with Crippen LogP contribution >= 0.6 is 15.9 Å². The Morgan fingerprint density at radius 1 is 1.41 bits per heavy atom. The molecule has 1 heterocycles. The van der Waals surface area contributed by atoms with Gasteiger partial charge in [-0.3, -0.25) is 0 Å². The number of rotatable bonds is 4. The second-order valence-electron chi connectivity index (χ2n) is 4.73. The molecule has 3 heteroatoms. The third-order valence-corrected chi connectivity index (χ3v) is 4.09. The van der Waals surface area contributed by atoms with E-state index in [-0.39, 0.29) is 0 Å². The number of aromatic nitrogens is 1. The molecule has 2 aromatic rings. The van der Waals surface area contributed by atoms with Crippen molar-refractivity contribution in [3.8, 4) is 0 Å². The number of benzene rings is 1.